The molecule has 34 heavy (non-hydrogen) atoms. The first kappa shape index (κ1) is 25.3. The Morgan fingerprint density at radius 1 is 1.03 bits per heavy atom. The standard InChI is InChI=1S/C26H25F3N2O2S/c1-16(2)24-14-20(19(5)31(24)23-12-7-6-11-22(23)26(27,28)29)13-21(15-30)34(32,33)25-17(3)9-8-10-18(25)4/h6-14,16H,1-5H3/b21-13+. The first-order valence-corrected chi connectivity index (χ1v) is 12.1. The molecule has 0 radical (unpaired) electrons. The number of hydrogen-bond acceptors (Lipinski definition) is 3. The SMILES string of the molecule is Cc1cccc(C)c1S(=O)(=O)/C(C#N)=C/c1cc(C(C)C)n(-c2ccccc2C(F)(F)F)c1C. The molecule has 0 spiro atoms. The van der Waals surface area contributed by atoms with Crippen LogP contribution in [0.5, 0.6) is 0 Å². The quantitative estimate of drug-likeness (QED) is 0.369. The van der Waals surface area contributed by atoms with Crippen LogP contribution >= 0.6 is 0 Å². The van der Waals surface area contributed by atoms with Crippen molar-refractivity contribution in [1.82, 2.24) is 4.57 Å². The zero-order valence-electron chi connectivity index (χ0n) is 19.5. The van der Waals surface area contributed by atoms with E-state index in [1.807, 2.05) is 13.8 Å². The second kappa shape index (κ2) is 9.15. The lowest BCUT2D eigenvalue weighted by Gasteiger charge is -2.19. The van der Waals surface area contributed by atoms with Gasteiger partial charge in [0.2, 0.25) is 9.84 Å². The van der Waals surface area contributed by atoms with E-state index in [0.29, 0.717) is 28.1 Å². The van der Waals surface area contributed by atoms with Gasteiger partial charge >= 0.3 is 6.18 Å². The van der Waals surface area contributed by atoms with E-state index in [4.69, 9.17) is 0 Å². The Kier molecular flexibility index (Phi) is 6.81. The number of nitrogens with zero attached hydrogens (tertiary/aromatic N) is 2. The minimum atomic E-state index is -4.57. The fourth-order valence-electron chi connectivity index (χ4n) is 4.09. The van der Waals surface area contributed by atoms with Gasteiger partial charge in [0.25, 0.3) is 0 Å². The van der Waals surface area contributed by atoms with Gasteiger partial charge in [0, 0.05) is 11.4 Å². The van der Waals surface area contributed by atoms with Crippen molar-refractivity contribution >= 4 is 15.9 Å². The summed E-state index contributed by atoms with van der Waals surface area (Å²) in [4.78, 5) is -0.407. The highest BCUT2D eigenvalue weighted by atomic mass is 32.2. The Labute approximate surface area is 197 Å². The van der Waals surface area contributed by atoms with Gasteiger partial charge in [0.05, 0.1) is 16.1 Å². The zero-order chi connectivity index (χ0) is 25.4. The van der Waals surface area contributed by atoms with E-state index in [2.05, 4.69) is 0 Å². The lowest BCUT2D eigenvalue weighted by Crippen LogP contribution is -2.13. The van der Waals surface area contributed by atoms with Crippen LogP contribution in [0, 0.1) is 32.1 Å². The average molecular weight is 487 g/mol. The molecule has 0 aliphatic heterocycles. The number of rotatable bonds is 5. The molecule has 0 saturated carbocycles. The van der Waals surface area contributed by atoms with Crippen LogP contribution in [0.25, 0.3) is 11.8 Å². The van der Waals surface area contributed by atoms with Gasteiger partial charge < -0.3 is 4.57 Å². The van der Waals surface area contributed by atoms with Crippen molar-refractivity contribution in [1.29, 1.82) is 5.26 Å². The monoisotopic (exact) mass is 486 g/mol. The Balaban J connectivity index is 2.29. The molecule has 0 aliphatic carbocycles. The lowest BCUT2D eigenvalue weighted by atomic mass is 10.1. The molecular weight excluding hydrogens is 461 g/mol. The molecule has 1 aromatic heterocycles. The molecule has 1 heterocycles. The summed E-state index contributed by atoms with van der Waals surface area (Å²) in [5, 5.41) is 9.76. The maximum atomic E-state index is 13.7. The summed E-state index contributed by atoms with van der Waals surface area (Å²) in [6.07, 6.45) is -3.32. The van der Waals surface area contributed by atoms with Crippen molar-refractivity contribution < 1.29 is 21.6 Å². The number of nitriles is 1. The maximum Gasteiger partial charge on any atom is 0.418 e. The van der Waals surface area contributed by atoms with E-state index in [9.17, 15) is 26.9 Å². The molecule has 0 bridgehead atoms. The number of para-hydroxylation sites is 1. The zero-order valence-corrected chi connectivity index (χ0v) is 20.3. The number of allylic oxidation sites excluding steroid dienone is 1. The number of alkyl halides is 3. The van der Waals surface area contributed by atoms with Gasteiger partial charge in [-0.1, -0.05) is 44.2 Å². The molecule has 3 rings (SSSR count). The Morgan fingerprint density at radius 2 is 1.62 bits per heavy atom. The summed E-state index contributed by atoms with van der Waals surface area (Å²) in [5.74, 6) is -0.164. The van der Waals surface area contributed by atoms with Crippen LogP contribution in [0.15, 0.2) is 58.3 Å². The number of hydrogen-bond donors (Lipinski definition) is 0. The molecule has 178 valence electrons. The fourth-order valence-corrected chi connectivity index (χ4v) is 5.70. The van der Waals surface area contributed by atoms with Crippen LogP contribution in [0.2, 0.25) is 0 Å². The number of aromatic nitrogens is 1. The smallest absolute Gasteiger partial charge is 0.317 e. The molecule has 4 nitrogen and oxygen atoms in total. The van der Waals surface area contributed by atoms with Crippen LogP contribution in [-0.4, -0.2) is 13.0 Å². The van der Waals surface area contributed by atoms with Crippen LogP contribution in [0.4, 0.5) is 13.2 Å². The average Bonchev–Trinajstić information content (AvgIpc) is 3.07. The first-order chi connectivity index (χ1) is 15.8. The van der Waals surface area contributed by atoms with E-state index < -0.39 is 26.5 Å². The van der Waals surface area contributed by atoms with E-state index in [1.165, 1.54) is 28.8 Å². The van der Waals surface area contributed by atoms with Crippen molar-refractivity contribution in [3.63, 3.8) is 0 Å². The molecule has 0 saturated heterocycles. The second-order valence-electron chi connectivity index (χ2n) is 8.46. The molecule has 0 amide bonds. The molecule has 3 aromatic rings. The topological polar surface area (TPSA) is 62.9 Å². The molecule has 0 unspecified atom stereocenters. The van der Waals surface area contributed by atoms with Crippen molar-refractivity contribution in [2.75, 3.05) is 0 Å². The van der Waals surface area contributed by atoms with Crippen LogP contribution in [0.1, 0.15) is 53.4 Å². The van der Waals surface area contributed by atoms with Gasteiger partial charge in [-0.05, 0) is 67.7 Å². The molecule has 0 N–H and O–H groups in total. The van der Waals surface area contributed by atoms with Gasteiger partial charge in [0.15, 0.2) is 0 Å². The van der Waals surface area contributed by atoms with Gasteiger partial charge in [-0.2, -0.15) is 18.4 Å². The fraction of sp³-hybridized carbons (Fsp3) is 0.269. The number of halogens is 3. The number of sulfone groups is 1. The minimum absolute atomic E-state index is 0.0491. The summed E-state index contributed by atoms with van der Waals surface area (Å²) in [6.45, 7) is 8.61. The van der Waals surface area contributed by atoms with Crippen molar-refractivity contribution in [3.8, 4) is 11.8 Å². The van der Waals surface area contributed by atoms with Gasteiger partial charge in [-0.15, -0.1) is 0 Å². The minimum Gasteiger partial charge on any atom is -0.317 e. The Bertz CT molecular complexity index is 1400. The molecular formula is C26H25F3N2O2S. The molecule has 0 aliphatic rings. The van der Waals surface area contributed by atoms with Crippen LogP contribution in [-0.2, 0) is 16.0 Å². The third-order valence-corrected chi connectivity index (χ3v) is 7.69. The van der Waals surface area contributed by atoms with Gasteiger partial charge in [0.1, 0.15) is 11.0 Å². The van der Waals surface area contributed by atoms with Crippen molar-refractivity contribution in [3.05, 3.63) is 87.1 Å². The highest BCUT2D eigenvalue weighted by molar-refractivity contribution is 7.95. The summed E-state index contributed by atoms with van der Waals surface area (Å²) in [5.41, 5.74) is 1.52. The van der Waals surface area contributed by atoms with E-state index in [0.717, 1.165) is 6.07 Å². The normalized spacial score (nSPS) is 12.8. The summed E-state index contributed by atoms with van der Waals surface area (Å²) in [7, 11) is -4.14. The first-order valence-electron chi connectivity index (χ1n) is 10.6. The molecule has 8 heteroatoms. The van der Waals surface area contributed by atoms with E-state index in [1.54, 1.807) is 51.1 Å². The largest absolute Gasteiger partial charge is 0.418 e. The highest BCUT2D eigenvalue weighted by Gasteiger charge is 2.35. The Hall–Kier alpha value is -3.31. The molecule has 0 atom stereocenters. The number of aryl methyl sites for hydroxylation is 2. The van der Waals surface area contributed by atoms with Crippen LogP contribution < -0.4 is 0 Å². The van der Waals surface area contributed by atoms with Crippen LogP contribution in [0.3, 0.4) is 0 Å². The molecule has 0 fully saturated rings. The predicted octanol–water partition coefficient (Wildman–Crippen LogP) is 6.88. The Morgan fingerprint density at radius 3 is 2.15 bits per heavy atom. The third-order valence-electron chi connectivity index (χ3n) is 5.72. The second-order valence-corrected chi connectivity index (χ2v) is 10.3. The summed E-state index contributed by atoms with van der Waals surface area (Å²) >= 11 is 0. The maximum absolute atomic E-state index is 13.7. The summed E-state index contributed by atoms with van der Waals surface area (Å²) in [6, 6.07) is 13.7. The van der Waals surface area contributed by atoms with Gasteiger partial charge in [-0.25, -0.2) is 8.42 Å². The third kappa shape index (κ3) is 4.53. The van der Waals surface area contributed by atoms with Crippen molar-refractivity contribution in [2.45, 2.75) is 51.6 Å². The van der Waals surface area contributed by atoms with Gasteiger partial charge in [-0.3, -0.25) is 0 Å². The predicted molar refractivity (Wildman–Crippen MR) is 126 cm³/mol. The highest BCUT2D eigenvalue weighted by Crippen LogP contribution is 2.37. The van der Waals surface area contributed by atoms with E-state index >= 15 is 0 Å². The number of benzene rings is 2. The summed E-state index contributed by atoms with van der Waals surface area (Å²) < 4.78 is 69.4. The van der Waals surface area contributed by atoms with E-state index in [-0.39, 0.29) is 16.5 Å². The lowest BCUT2D eigenvalue weighted by molar-refractivity contribution is -0.137. The molecule has 2 aromatic carbocycles. The van der Waals surface area contributed by atoms with Crippen molar-refractivity contribution in [2.24, 2.45) is 0 Å².